The topological polar surface area (TPSA) is 119 Å². The highest BCUT2D eigenvalue weighted by atomic mass is 16.5. The van der Waals surface area contributed by atoms with E-state index in [1.54, 1.807) is 29.1 Å². The Morgan fingerprint density at radius 1 is 1.13 bits per heavy atom. The highest BCUT2D eigenvalue weighted by molar-refractivity contribution is 6.07. The van der Waals surface area contributed by atoms with Gasteiger partial charge >= 0.3 is 0 Å². The zero-order valence-corrected chi connectivity index (χ0v) is 23.7. The van der Waals surface area contributed by atoms with Crippen molar-refractivity contribution in [3.8, 4) is 11.1 Å². The zero-order chi connectivity index (χ0) is 28.3. The van der Waals surface area contributed by atoms with Gasteiger partial charge in [-0.25, -0.2) is 9.97 Å². The van der Waals surface area contributed by atoms with E-state index in [1.807, 2.05) is 39.8 Å². The molecule has 3 atom stereocenters. The van der Waals surface area contributed by atoms with Gasteiger partial charge < -0.3 is 15.0 Å². The molecule has 1 aliphatic heterocycles. The van der Waals surface area contributed by atoms with Gasteiger partial charge in [0.2, 0.25) is 11.8 Å². The van der Waals surface area contributed by atoms with Gasteiger partial charge in [0, 0.05) is 50.0 Å². The number of benzene rings is 1. The summed E-state index contributed by atoms with van der Waals surface area (Å²) in [5.74, 6) is 0.146. The predicted molar refractivity (Wildman–Crippen MR) is 146 cm³/mol. The highest BCUT2D eigenvalue weighted by Gasteiger charge is 2.64. The molecule has 1 N–H and O–H groups in total. The van der Waals surface area contributed by atoms with Crippen LogP contribution in [0.15, 0.2) is 24.5 Å². The Bertz CT molecular complexity index is 1480. The number of amides is 2. The molecule has 3 aromatic rings. The molecule has 2 aliphatic rings. The van der Waals surface area contributed by atoms with Crippen molar-refractivity contribution < 1.29 is 19.1 Å². The molecule has 39 heavy (non-hydrogen) atoms. The van der Waals surface area contributed by atoms with Crippen LogP contribution in [0.2, 0.25) is 0 Å². The smallest absolute Gasteiger partial charge is 0.245 e. The van der Waals surface area contributed by atoms with Crippen LogP contribution in [0.1, 0.15) is 62.4 Å². The molecule has 2 fully saturated rings. The SMILES string of the molecule is COC(C)(C)CNC(=O)[C@@H]1C[C@@]2(C)C[C@H]2N1C(=O)Cn1nc(C(C)=O)c2cc(-c3cnc(C)nc3)cc(C)c21. The largest absolute Gasteiger partial charge is 0.377 e. The van der Waals surface area contributed by atoms with Crippen molar-refractivity contribution in [2.24, 2.45) is 5.41 Å². The minimum Gasteiger partial charge on any atom is -0.377 e. The highest BCUT2D eigenvalue weighted by Crippen LogP contribution is 2.59. The van der Waals surface area contributed by atoms with E-state index in [4.69, 9.17) is 4.74 Å². The molecule has 0 radical (unpaired) electrons. The molecule has 0 spiro atoms. The molecular formula is C29H36N6O4. The van der Waals surface area contributed by atoms with Crippen LogP contribution in [0.4, 0.5) is 0 Å². The summed E-state index contributed by atoms with van der Waals surface area (Å²) in [4.78, 5) is 49.9. The Balaban J connectivity index is 1.45. The summed E-state index contributed by atoms with van der Waals surface area (Å²) in [6, 6.07) is 3.38. The maximum atomic E-state index is 13.8. The average molecular weight is 533 g/mol. The van der Waals surface area contributed by atoms with Gasteiger partial charge in [-0.15, -0.1) is 0 Å². The standard InChI is InChI=1S/C29H36N6O4/c1-16-8-19(20-12-30-18(3)31-13-20)9-21-25(17(2)36)33-34(26(16)21)14-24(37)35-22(10-29(6)11-23(29)35)27(38)32-15-28(4,5)39-7/h8-9,12-13,22-23H,10-11,14-15H2,1-7H3,(H,32,38)/t22-,23+,29-/m0/s1. The Morgan fingerprint density at radius 2 is 1.82 bits per heavy atom. The van der Waals surface area contributed by atoms with Crippen LogP contribution in [-0.4, -0.2) is 73.6 Å². The maximum Gasteiger partial charge on any atom is 0.245 e. The van der Waals surface area contributed by atoms with Crippen molar-refractivity contribution in [2.75, 3.05) is 13.7 Å². The second kappa shape index (κ2) is 9.51. The van der Waals surface area contributed by atoms with Gasteiger partial charge in [0.05, 0.1) is 11.1 Å². The van der Waals surface area contributed by atoms with Crippen molar-refractivity contribution >= 4 is 28.5 Å². The van der Waals surface area contributed by atoms with Gasteiger partial charge in [-0.05, 0) is 69.2 Å². The van der Waals surface area contributed by atoms with Crippen molar-refractivity contribution in [3.63, 3.8) is 0 Å². The summed E-state index contributed by atoms with van der Waals surface area (Å²) in [6.07, 6.45) is 5.01. The zero-order valence-electron chi connectivity index (χ0n) is 23.7. The molecule has 2 aromatic heterocycles. The molecule has 2 amide bonds. The van der Waals surface area contributed by atoms with E-state index in [0.717, 1.165) is 28.6 Å². The molecule has 1 saturated carbocycles. The molecule has 10 heteroatoms. The third-order valence-corrected chi connectivity index (χ3v) is 8.23. The fraction of sp³-hybridized carbons (Fsp3) is 0.517. The van der Waals surface area contributed by atoms with Crippen LogP contribution in [0.5, 0.6) is 0 Å². The normalized spacial score (nSPS) is 22.2. The number of Topliss-reactive ketones (excluding diaryl/α,β-unsaturated/α-hetero) is 1. The number of fused-ring (bicyclic) bond motifs is 2. The van der Waals surface area contributed by atoms with Crippen LogP contribution in [0.25, 0.3) is 22.0 Å². The number of piperidine rings is 1. The first kappa shape index (κ1) is 26.9. The molecule has 1 saturated heterocycles. The minimum absolute atomic E-state index is 0.0273. The van der Waals surface area contributed by atoms with Crippen molar-refractivity contribution in [1.29, 1.82) is 0 Å². The number of hydrogen-bond donors (Lipinski definition) is 1. The van der Waals surface area contributed by atoms with E-state index in [0.29, 0.717) is 29.9 Å². The van der Waals surface area contributed by atoms with Gasteiger partial charge in [-0.3, -0.25) is 19.1 Å². The number of likely N-dealkylation sites (tertiary alicyclic amines) is 1. The number of hydrogen-bond acceptors (Lipinski definition) is 7. The molecule has 1 aliphatic carbocycles. The number of ketones is 1. The number of ether oxygens (including phenoxy) is 1. The number of rotatable bonds is 8. The van der Waals surface area contributed by atoms with Crippen LogP contribution < -0.4 is 5.32 Å². The first-order valence-electron chi connectivity index (χ1n) is 13.3. The van der Waals surface area contributed by atoms with Crippen LogP contribution in [-0.2, 0) is 20.9 Å². The Hall–Kier alpha value is -3.66. The second-order valence-electron chi connectivity index (χ2n) is 11.8. The number of nitrogens with zero attached hydrogens (tertiary/aromatic N) is 5. The lowest BCUT2D eigenvalue weighted by Crippen LogP contribution is -2.51. The van der Waals surface area contributed by atoms with Crippen LogP contribution in [0.3, 0.4) is 0 Å². The van der Waals surface area contributed by atoms with Gasteiger partial charge in [0.15, 0.2) is 5.78 Å². The molecule has 206 valence electrons. The van der Waals surface area contributed by atoms with Crippen molar-refractivity contribution in [2.45, 2.75) is 78.6 Å². The number of carbonyl (C=O) groups excluding carboxylic acids is 3. The quantitative estimate of drug-likeness (QED) is 0.442. The monoisotopic (exact) mass is 532 g/mol. The molecule has 5 rings (SSSR count). The number of aromatic nitrogens is 4. The fourth-order valence-corrected chi connectivity index (χ4v) is 5.67. The molecule has 3 heterocycles. The summed E-state index contributed by atoms with van der Waals surface area (Å²) in [5.41, 5.74) is 3.07. The number of nitrogens with one attached hydrogen (secondary N) is 1. The van der Waals surface area contributed by atoms with Crippen molar-refractivity contribution in [3.05, 3.63) is 41.6 Å². The van der Waals surface area contributed by atoms with Crippen LogP contribution in [0, 0.1) is 19.3 Å². The van der Waals surface area contributed by atoms with E-state index in [-0.39, 0.29) is 35.6 Å². The first-order valence-corrected chi connectivity index (χ1v) is 13.3. The molecular weight excluding hydrogens is 496 g/mol. The van der Waals surface area contributed by atoms with E-state index in [9.17, 15) is 14.4 Å². The number of aryl methyl sites for hydroxylation is 2. The van der Waals surface area contributed by atoms with E-state index in [1.165, 1.54) is 6.92 Å². The van der Waals surface area contributed by atoms with E-state index in [2.05, 4.69) is 27.3 Å². The first-order chi connectivity index (χ1) is 18.3. The number of methoxy groups -OCH3 is 1. The Kier molecular flexibility index (Phi) is 6.57. The van der Waals surface area contributed by atoms with E-state index >= 15 is 0 Å². The molecule has 1 aromatic carbocycles. The minimum atomic E-state index is -0.544. The lowest BCUT2D eigenvalue weighted by Gasteiger charge is -2.29. The van der Waals surface area contributed by atoms with Crippen molar-refractivity contribution in [1.82, 2.24) is 30.0 Å². The summed E-state index contributed by atoms with van der Waals surface area (Å²) in [6.45, 7) is 11.5. The summed E-state index contributed by atoms with van der Waals surface area (Å²) in [5, 5.41) is 8.24. The third-order valence-electron chi connectivity index (χ3n) is 8.23. The molecule has 10 nitrogen and oxygen atoms in total. The number of carbonyl (C=O) groups is 3. The average Bonchev–Trinajstić information content (AvgIpc) is 3.24. The summed E-state index contributed by atoms with van der Waals surface area (Å²) < 4.78 is 7.04. The lowest BCUT2D eigenvalue weighted by atomic mass is 10.0. The van der Waals surface area contributed by atoms with Crippen LogP contribution >= 0.6 is 0 Å². The third kappa shape index (κ3) is 4.93. The van der Waals surface area contributed by atoms with Gasteiger partial charge in [0.1, 0.15) is 24.1 Å². The predicted octanol–water partition coefficient (Wildman–Crippen LogP) is 3.23. The Labute approximate surface area is 228 Å². The fourth-order valence-electron chi connectivity index (χ4n) is 5.67. The van der Waals surface area contributed by atoms with Gasteiger partial charge in [0.25, 0.3) is 0 Å². The maximum absolute atomic E-state index is 13.8. The molecule has 0 bridgehead atoms. The molecule has 0 unspecified atom stereocenters. The summed E-state index contributed by atoms with van der Waals surface area (Å²) >= 11 is 0. The lowest BCUT2D eigenvalue weighted by molar-refractivity contribution is -0.140. The second-order valence-corrected chi connectivity index (χ2v) is 11.8. The van der Waals surface area contributed by atoms with E-state index < -0.39 is 11.6 Å². The Morgan fingerprint density at radius 3 is 2.46 bits per heavy atom. The van der Waals surface area contributed by atoms with Gasteiger partial charge in [-0.1, -0.05) is 6.92 Å². The summed E-state index contributed by atoms with van der Waals surface area (Å²) in [7, 11) is 1.61. The van der Waals surface area contributed by atoms with Gasteiger partial charge in [-0.2, -0.15) is 5.10 Å².